The zero-order valence-electron chi connectivity index (χ0n) is 10.6. The summed E-state index contributed by atoms with van der Waals surface area (Å²) in [6.07, 6.45) is 7.19. The Hall–Kier alpha value is -0.120. The first-order valence-corrected chi connectivity index (χ1v) is 6.60. The molecule has 2 atom stereocenters. The molecule has 0 bridgehead atoms. The summed E-state index contributed by atoms with van der Waals surface area (Å²) >= 11 is 0. The molecule has 1 aliphatic carbocycles. The van der Waals surface area contributed by atoms with Crippen molar-refractivity contribution >= 4 is 0 Å². The van der Waals surface area contributed by atoms with E-state index in [1.165, 1.54) is 19.3 Å². The van der Waals surface area contributed by atoms with Crippen LogP contribution in [0.15, 0.2) is 0 Å². The van der Waals surface area contributed by atoms with E-state index in [-0.39, 0.29) is 11.1 Å². The Morgan fingerprint density at radius 1 is 1.50 bits per heavy atom. The molecule has 2 N–H and O–H groups in total. The molecule has 16 heavy (non-hydrogen) atoms. The molecule has 1 aliphatic heterocycles. The maximum Gasteiger partial charge on any atom is 0.0707 e. The third-order valence-electron chi connectivity index (χ3n) is 4.17. The number of rotatable bonds is 4. The van der Waals surface area contributed by atoms with Gasteiger partial charge in [-0.2, -0.15) is 0 Å². The molecule has 0 amide bonds. The minimum Gasteiger partial charge on any atom is -0.376 e. The first-order chi connectivity index (χ1) is 7.55. The largest absolute Gasteiger partial charge is 0.376 e. The van der Waals surface area contributed by atoms with E-state index in [1.54, 1.807) is 0 Å². The van der Waals surface area contributed by atoms with E-state index < -0.39 is 0 Å². The molecule has 1 saturated carbocycles. The Labute approximate surface area is 98.7 Å². The second-order valence-electron chi connectivity index (χ2n) is 5.82. The van der Waals surface area contributed by atoms with Gasteiger partial charge in [0, 0.05) is 18.6 Å². The van der Waals surface area contributed by atoms with Crippen molar-refractivity contribution in [2.45, 2.75) is 69.6 Å². The molecule has 94 valence electrons. The zero-order chi connectivity index (χ0) is 11.6. The minimum atomic E-state index is -0.176. The molecule has 3 heteroatoms. The second kappa shape index (κ2) is 4.63. The van der Waals surface area contributed by atoms with Crippen LogP contribution in [0.25, 0.3) is 0 Å². The molecule has 0 aromatic rings. The van der Waals surface area contributed by atoms with Crippen LogP contribution in [0.4, 0.5) is 0 Å². The fourth-order valence-electron chi connectivity index (χ4n) is 2.45. The van der Waals surface area contributed by atoms with Crippen LogP contribution in [0.2, 0.25) is 0 Å². The molecule has 2 rings (SSSR count). The van der Waals surface area contributed by atoms with Gasteiger partial charge in [-0.25, -0.2) is 0 Å². The first-order valence-electron chi connectivity index (χ1n) is 6.60. The lowest BCUT2D eigenvalue weighted by Crippen LogP contribution is -2.49. The molecule has 1 saturated heterocycles. The van der Waals surface area contributed by atoms with Crippen molar-refractivity contribution in [3.8, 4) is 0 Å². The molecular weight excluding hydrogens is 202 g/mol. The highest BCUT2D eigenvalue weighted by molar-refractivity contribution is 4.94. The maximum absolute atomic E-state index is 6.09. The molecule has 2 unspecified atom stereocenters. The van der Waals surface area contributed by atoms with Gasteiger partial charge in [-0.15, -0.1) is 0 Å². The van der Waals surface area contributed by atoms with Gasteiger partial charge < -0.3 is 15.2 Å². The van der Waals surface area contributed by atoms with Gasteiger partial charge >= 0.3 is 0 Å². The highest BCUT2D eigenvalue weighted by Crippen LogP contribution is 2.43. The topological polar surface area (TPSA) is 44.5 Å². The van der Waals surface area contributed by atoms with Gasteiger partial charge in [0.15, 0.2) is 0 Å². The van der Waals surface area contributed by atoms with Crippen molar-refractivity contribution in [2.75, 3.05) is 13.2 Å². The van der Waals surface area contributed by atoms with Gasteiger partial charge in [0.2, 0.25) is 0 Å². The normalized spacial score (nSPS) is 32.1. The van der Waals surface area contributed by atoms with Crippen LogP contribution in [0, 0.1) is 0 Å². The van der Waals surface area contributed by atoms with Gasteiger partial charge in [-0.1, -0.05) is 6.92 Å². The molecule has 1 spiro atoms. The summed E-state index contributed by atoms with van der Waals surface area (Å²) in [4.78, 5) is 0. The highest BCUT2D eigenvalue weighted by atomic mass is 16.5. The molecule has 0 radical (unpaired) electrons. The van der Waals surface area contributed by atoms with Crippen LogP contribution >= 0.6 is 0 Å². The van der Waals surface area contributed by atoms with Crippen molar-refractivity contribution in [2.24, 2.45) is 5.73 Å². The average molecular weight is 227 g/mol. The second-order valence-corrected chi connectivity index (χ2v) is 5.82. The van der Waals surface area contributed by atoms with Gasteiger partial charge in [0.25, 0.3) is 0 Å². The van der Waals surface area contributed by atoms with Crippen LogP contribution in [0.1, 0.15) is 52.4 Å². The molecular formula is C13H25NO2. The van der Waals surface area contributed by atoms with E-state index >= 15 is 0 Å². The Balaban J connectivity index is 1.77. The van der Waals surface area contributed by atoms with Crippen LogP contribution < -0.4 is 5.73 Å². The molecule has 0 aromatic carbocycles. The summed E-state index contributed by atoms with van der Waals surface area (Å²) in [7, 11) is 0. The van der Waals surface area contributed by atoms with Gasteiger partial charge in [-0.3, -0.25) is 0 Å². The van der Waals surface area contributed by atoms with Crippen LogP contribution in [-0.4, -0.2) is 30.5 Å². The van der Waals surface area contributed by atoms with Gasteiger partial charge in [-0.05, 0) is 39.0 Å². The first kappa shape index (κ1) is 12.3. The summed E-state index contributed by atoms with van der Waals surface area (Å²) in [5.74, 6) is 0. The summed E-state index contributed by atoms with van der Waals surface area (Å²) in [5.41, 5.74) is 6.10. The summed E-state index contributed by atoms with van der Waals surface area (Å²) in [5, 5.41) is 0. The van der Waals surface area contributed by atoms with Crippen molar-refractivity contribution in [1.29, 1.82) is 0 Å². The fraction of sp³-hybridized carbons (Fsp3) is 1.00. The van der Waals surface area contributed by atoms with Gasteiger partial charge in [0.05, 0.1) is 18.3 Å². The van der Waals surface area contributed by atoms with Crippen LogP contribution in [-0.2, 0) is 9.47 Å². The van der Waals surface area contributed by atoms with Crippen LogP contribution in [0.5, 0.6) is 0 Å². The van der Waals surface area contributed by atoms with E-state index in [2.05, 4.69) is 13.8 Å². The fourth-order valence-corrected chi connectivity index (χ4v) is 2.45. The summed E-state index contributed by atoms with van der Waals surface area (Å²) in [6, 6.07) is 0. The lowest BCUT2D eigenvalue weighted by Gasteiger charge is -2.47. The van der Waals surface area contributed by atoms with Crippen molar-refractivity contribution in [1.82, 2.24) is 0 Å². The van der Waals surface area contributed by atoms with Gasteiger partial charge in [0.1, 0.15) is 0 Å². The lowest BCUT2D eigenvalue weighted by molar-refractivity contribution is -0.171. The minimum absolute atomic E-state index is 0.176. The SMILES string of the molecule is CCC(C)(N)COC1CCOC2(CCC2)C1. The number of hydrogen-bond donors (Lipinski definition) is 1. The zero-order valence-corrected chi connectivity index (χ0v) is 10.6. The molecule has 1 heterocycles. The van der Waals surface area contributed by atoms with Crippen LogP contribution in [0.3, 0.4) is 0 Å². The van der Waals surface area contributed by atoms with Crippen molar-refractivity contribution in [3.63, 3.8) is 0 Å². The predicted octanol–water partition coefficient (Wildman–Crippen LogP) is 2.23. The Bertz CT molecular complexity index is 236. The van der Waals surface area contributed by atoms with Crippen molar-refractivity contribution in [3.05, 3.63) is 0 Å². The van der Waals surface area contributed by atoms with E-state index in [1.807, 2.05) is 0 Å². The Morgan fingerprint density at radius 3 is 2.81 bits per heavy atom. The quantitative estimate of drug-likeness (QED) is 0.801. The van der Waals surface area contributed by atoms with E-state index in [4.69, 9.17) is 15.2 Å². The predicted molar refractivity (Wildman–Crippen MR) is 64.4 cm³/mol. The molecule has 3 nitrogen and oxygen atoms in total. The maximum atomic E-state index is 6.09. The number of hydrogen-bond acceptors (Lipinski definition) is 3. The third-order valence-corrected chi connectivity index (χ3v) is 4.17. The van der Waals surface area contributed by atoms with Crippen molar-refractivity contribution < 1.29 is 9.47 Å². The van der Waals surface area contributed by atoms with E-state index in [0.29, 0.717) is 12.7 Å². The number of nitrogens with two attached hydrogens (primary N) is 1. The average Bonchev–Trinajstić information content (AvgIpc) is 2.25. The Kier molecular flexibility index (Phi) is 3.57. The standard InChI is InChI=1S/C13H25NO2/c1-3-12(2,14)10-15-11-5-8-16-13(9-11)6-4-7-13/h11H,3-10,14H2,1-2H3. The number of ether oxygens (including phenoxy) is 2. The monoisotopic (exact) mass is 227 g/mol. The van der Waals surface area contributed by atoms with E-state index in [9.17, 15) is 0 Å². The smallest absolute Gasteiger partial charge is 0.0707 e. The molecule has 2 aliphatic rings. The molecule has 2 fully saturated rings. The summed E-state index contributed by atoms with van der Waals surface area (Å²) < 4.78 is 11.8. The third kappa shape index (κ3) is 2.76. The van der Waals surface area contributed by atoms with E-state index in [0.717, 1.165) is 25.9 Å². The highest BCUT2D eigenvalue weighted by Gasteiger charge is 2.43. The lowest BCUT2D eigenvalue weighted by atomic mass is 9.74. The Morgan fingerprint density at radius 2 is 2.25 bits per heavy atom. The molecule has 0 aromatic heterocycles. The summed E-state index contributed by atoms with van der Waals surface area (Å²) in [6.45, 7) is 5.70.